The van der Waals surface area contributed by atoms with Crippen molar-refractivity contribution in [1.29, 1.82) is 0 Å². The average molecular weight is 447 g/mol. The molecule has 0 saturated carbocycles. The normalized spacial score (nSPS) is 17.0. The lowest BCUT2D eigenvalue weighted by molar-refractivity contribution is -0.121. The number of anilines is 2. The minimum absolute atomic E-state index is 0.0435. The zero-order chi connectivity index (χ0) is 22.1. The van der Waals surface area contributed by atoms with Crippen LogP contribution in [0.4, 0.5) is 11.4 Å². The Kier molecular flexibility index (Phi) is 5.49. The topological polar surface area (TPSA) is 67.9 Å². The second-order valence-electron chi connectivity index (χ2n) is 7.79. The lowest BCUT2D eigenvalue weighted by Gasteiger charge is -2.22. The van der Waals surface area contributed by atoms with E-state index >= 15 is 0 Å². The van der Waals surface area contributed by atoms with Gasteiger partial charge in [-0.15, -0.1) is 11.8 Å². The van der Waals surface area contributed by atoms with Crippen molar-refractivity contribution in [3.8, 4) is 11.5 Å². The molecule has 5 rings (SSSR count). The standard InChI is InChI=1S/C25H22N2O4S/c1-16-6-9-18(10-7-16)26-24(28)14-27-19-4-2-3-5-22(19)32-23(13-25(27)29)17-8-11-20-21(12-17)31-15-30-20/h2-12,23H,13-15H2,1H3,(H,26,28). The van der Waals surface area contributed by atoms with Crippen LogP contribution in [-0.4, -0.2) is 25.2 Å². The number of carbonyl (C=O) groups excluding carboxylic acids is 2. The third kappa shape index (κ3) is 4.16. The summed E-state index contributed by atoms with van der Waals surface area (Å²) in [6.07, 6.45) is 0.275. The smallest absolute Gasteiger partial charge is 0.244 e. The van der Waals surface area contributed by atoms with Crippen LogP contribution in [0.2, 0.25) is 0 Å². The van der Waals surface area contributed by atoms with E-state index in [9.17, 15) is 9.59 Å². The van der Waals surface area contributed by atoms with Crippen LogP contribution in [0.5, 0.6) is 11.5 Å². The van der Waals surface area contributed by atoms with Crippen molar-refractivity contribution in [3.63, 3.8) is 0 Å². The predicted octanol–water partition coefficient (Wildman–Crippen LogP) is 4.93. The number of benzene rings is 3. The highest BCUT2D eigenvalue weighted by molar-refractivity contribution is 7.99. The van der Waals surface area contributed by atoms with Gasteiger partial charge in [-0.3, -0.25) is 9.59 Å². The number of para-hydroxylation sites is 1. The van der Waals surface area contributed by atoms with Crippen LogP contribution in [0, 0.1) is 6.92 Å². The van der Waals surface area contributed by atoms with Crippen LogP contribution in [0.15, 0.2) is 71.6 Å². The van der Waals surface area contributed by atoms with Crippen LogP contribution in [0.1, 0.15) is 22.8 Å². The molecular formula is C25H22N2O4S. The van der Waals surface area contributed by atoms with E-state index in [0.717, 1.165) is 21.7 Å². The van der Waals surface area contributed by atoms with Crippen LogP contribution in [-0.2, 0) is 9.59 Å². The molecule has 1 atom stereocenters. The summed E-state index contributed by atoms with van der Waals surface area (Å²) in [6.45, 7) is 2.16. The van der Waals surface area contributed by atoms with E-state index in [2.05, 4.69) is 5.32 Å². The molecule has 0 spiro atoms. The van der Waals surface area contributed by atoms with Gasteiger partial charge in [0.05, 0.1) is 5.69 Å². The summed E-state index contributed by atoms with van der Waals surface area (Å²) < 4.78 is 10.9. The SMILES string of the molecule is Cc1ccc(NC(=O)CN2C(=O)CC(c3ccc4c(c3)OCO4)Sc3ccccc32)cc1. The Labute approximate surface area is 190 Å². The van der Waals surface area contributed by atoms with Crippen LogP contribution >= 0.6 is 11.8 Å². The van der Waals surface area contributed by atoms with Gasteiger partial charge in [-0.2, -0.15) is 0 Å². The van der Waals surface area contributed by atoms with Crippen LogP contribution in [0.25, 0.3) is 0 Å². The molecule has 1 unspecified atom stereocenters. The van der Waals surface area contributed by atoms with Crippen LogP contribution < -0.4 is 19.7 Å². The molecule has 3 aromatic carbocycles. The lowest BCUT2D eigenvalue weighted by Crippen LogP contribution is -2.38. The first kappa shape index (κ1) is 20.5. The molecule has 0 aliphatic carbocycles. The Balaban J connectivity index is 1.39. The number of nitrogens with one attached hydrogen (secondary N) is 1. The average Bonchev–Trinajstić information content (AvgIpc) is 3.22. The second-order valence-corrected chi connectivity index (χ2v) is 9.03. The number of hydrogen-bond acceptors (Lipinski definition) is 5. The summed E-state index contributed by atoms with van der Waals surface area (Å²) >= 11 is 1.63. The summed E-state index contributed by atoms with van der Waals surface area (Å²) in [5.74, 6) is 1.09. The van der Waals surface area contributed by atoms with Crippen LogP contribution in [0.3, 0.4) is 0 Å². The molecule has 0 saturated heterocycles. The van der Waals surface area contributed by atoms with Gasteiger partial charge >= 0.3 is 0 Å². The van der Waals surface area contributed by atoms with Gasteiger partial charge in [0.15, 0.2) is 11.5 Å². The number of amides is 2. The lowest BCUT2D eigenvalue weighted by atomic mass is 10.1. The highest BCUT2D eigenvalue weighted by Crippen LogP contribution is 2.47. The number of hydrogen-bond donors (Lipinski definition) is 1. The number of ether oxygens (including phenoxy) is 2. The molecule has 2 aliphatic rings. The number of rotatable bonds is 4. The van der Waals surface area contributed by atoms with E-state index in [1.807, 2.05) is 73.7 Å². The van der Waals surface area contributed by atoms with E-state index < -0.39 is 0 Å². The summed E-state index contributed by atoms with van der Waals surface area (Å²) in [5.41, 5.74) is 3.58. The molecule has 0 bridgehead atoms. The van der Waals surface area contributed by atoms with Gasteiger partial charge in [0.25, 0.3) is 0 Å². The Bertz CT molecular complexity index is 1180. The maximum atomic E-state index is 13.3. The highest BCUT2D eigenvalue weighted by Gasteiger charge is 2.31. The van der Waals surface area contributed by atoms with Gasteiger partial charge in [-0.25, -0.2) is 0 Å². The fraction of sp³-hybridized carbons (Fsp3) is 0.200. The first-order chi connectivity index (χ1) is 15.6. The molecular weight excluding hydrogens is 424 g/mol. The van der Waals surface area contributed by atoms with Crippen molar-refractivity contribution in [2.75, 3.05) is 23.6 Å². The first-order valence-corrected chi connectivity index (χ1v) is 11.3. The third-order valence-corrected chi connectivity index (χ3v) is 6.81. The fourth-order valence-corrected chi connectivity index (χ4v) is 5.10. The van der Waals surface area contributed by atoms with Gasteiger partial charge in [-0.05, 0) is 48.9 Å². The zero-order valence-corrected chi connectivity index (χ0v) is 18.4. The Morgan fingerprint density at radius 3 is 2.69 bits per heavy atom. The summed E-state index contributed by atoms with van der Waals surface area (Å²) in [7, 11) is 0. The minimum Gasteiger partial charge on any atom is -0.454 e. The predicted molar refractivity (Wildman–Crippen MR) is 124 cm³/mol. The molecule has 0 aromatic heterocycles. The zero-order valence-electron chi connectivity index (χ0n) is 17.5. The molecule has 0 fully saturated rings. The molecule has 32 heavy (non-hydrogen) atoms. The Hall–Kier alpha value is -3.45. The van der Waals surface area contributed by atoms with Crippen molar-refractivity contribution in [1.82, 2.24) is 0 Å². The Morgan fingerprint density at radius 1 is 1.06 bits per heavy atom. The molecule has 1 N–H and O–H groups in total. The van der Waals surface area contributed by atoms with E-state index in [1.165, 1.54) is 0 Å². The van der Waals surface area contributed by atoms with E-state index in [4.69, 9.17) is 9.47 Å². The molecule has 7 heteroatoms. The van der Waals surface area contributed by atoms with Crippen molar-refractivity contribution >= 4 is 35.0 Å². The maximum Gasteiger partial charge on any atom is 0.244 e. The number of aryl methyl sites for hydroxylation is 1. The maximum absolute atomic E-state index is 13.3. The number of nitrogens with zero attached hydrogens (tertiary/aromatic N) is 1. The van der Waals surface area contributed by atoms with E-state index in [-0.39, 0.29) is 36.8 Å². The number of thioether (sulfide) groups is 1. The molecule has 3 aromatic rings. The minimum atomic E-state index is -0.233. The molecule has 162 valence electrons. The van der Waals surface area contributed by atoms with Gasteiger partial charge < -0.3 is 19.7 Å². The number of carbonyl (C=O) groups is 2. The summed E-state index contributed by atoms with van der Waals surface area (Å²) in [4.78, 5) is 28.6. The van der Waals surface area contributed by atoms with Gasteiger partial charge in [-0.1, -0.05) is 35.9 Å². The van der Waals surface area contributed by atoms with Crippen molar-refractivity contribution in [2.45, 2.75) is 23.5 Å². The van der Waals surface area contributed by atoms with Crippen molar-refractivity contribution in [2.24, 2.45) is 0 Å². The molecule has 0 radical (unpaired) electrons. The fourth-order valence-electron chi connectivity index (χ4n) is 3.83. The van der Waals surface area contributed by atoms with Gasteiger partial charge in [0.1, 0.15) is 6.54 Å². The molecule has 2 aliphatic heterocycles. The summed E-state index contributed by atoms with van der Waals surface area (Å²) in [5, 5.41) is 2.80. The second kappa shape index (κ2) is 8.59. The third-order valence-electron chi connectivity index (χ3n) is 5.49. The molecule has 2 amide bonds. The highest BCUT2D eigenvalue weighted by atomic mass is 32.2. The largest absolute Gasteiger partial charge is 0.454 e. The number of fused-ring (bicyclic) bond motifs is 2. The van der Waals surface area contributed by atoms with E-state index in [0.29, 0.717) is 17.2 Å². The van der Waals surface area contributed by atoms with Crippen molar-refractivity contribution < 1.29 is 19.1 Å². The summed E-state index contributed by atoms with van der Waals surface area (Å²) in [6, 6.07) is 21.1. The monoisotopic (exact) mass is 446 g/mol. The van der Waals surface area contributed by atoms with Gasteiger partial charge in [0.2, 0.25) is 18.6 Å². The Morgan fingerprint density at radius 2 is 1.84 bits per heavy atom. The van der Waals surface area contributed by atoms with Gasteiger partial charge in [0, 0.05) is 22.3 Å². The molecule has 2 heterocycles. The molecule has 6 nitrogen and oxygen atoms in total. The first-order valence-electron chi connectivity index (χ1n) is 10.4. The van der Waals surface area contributed by atoms with E-state index in [1.54, 1.807) is 16.7 Å². The van der Waals surface area contributed by atoms with Crippen molar-refractivity contribution in [3.05, 3.63) is 77.9 Å². The quantitative estimate of drug-likeness (QED) is 0.615.